The van der Waals surface area contributed by atoms with Crippen LogP contribution in [0.1, 0.15) is 50.3 Å². The van der Waals surface area contributed by atoms with Gasteiger partial charge in [0.05, 0.1) is 0 Å². The molecule has 1 saturated heterocycles. The third kappa shape index (κ3) is 3.84. The van der Waals surface area contributed by atoms with Crippen LogP contribution in [0.5, 0.6) is 0 Å². The van der Waals surface area contributed by atoms with Crippen LogP contribution in [0, 0.1) is 13.8 Å². The first-order valence-electron chi connectivity index (χ1n) is 9.02. The Kier molecular flexibility index (Phi) is 5.20. The van der Waals surface area contributed by atoms with Crippen LogP contribution in [0.4, 0.5) is 0 Å². The lowest BCUT2D eigenvalue weighted by Gasteiger charge is -2.38. The normalized spacial score (nSPS) is 20.4. The third-order valence-corrected chi connectivity index (χ3v) is 4.80. The van der Waals surface area contributed by atoms with E-state index in [9.17, 15) is 9.59 Å². The first-order valence-corrected chi connectivity index (χ1v) is 9.02. The van der Waals surface area contributed by atoms with Gasteiger partial charge >= 0.3 is 5.97 Å². The van der Waals surface area contributed by atoms with Crippen LogP contribution in [0.25, 0.3) is 5.78 Å². The number of ether oxygens (including phenoxy) is 1. The minimum atomic E-state index is -0.513. The molecular weight excluding hydrogens is 334 g/mol. The number of likely N-dealkylation sites (tertiary alicyclic amines) is 1. The van der Waals surface area contributed by atoms with Crippen LogP contribution in [0.3, 0.4) is 0 Å². The maximum absolute atomic E-state index is 12.4. The summed E-state index contributed by atoms with van der Waals surface area (Å²) in [6.07, 6.45) is 3.01. The first kappa shape index (κ1) is 18.3. The van der Waals surface area contributed by atoms with E-state index in [1.165, 1.54) is 0 Å². The van der Waals surface area contributed by atoms with Gasteiger partial charge in [-0.05, 0) is 53.0 Å². The Morgan fingerprint density at radius 1 is 1.19 bits per heavy atom. The van der Waals surface area contributed by atoms with Gasteiger partial charge in [0.2, 0.25) is 0 Å². The fourth-order valence-corrected chi connectivity index (χ4v) is 3.59. The standard InChI is InChI=1S/C18H25N5O3/c1-11-8-14(4)23-18(19-11)20-15(21-23)9-17(25)26-10-16(24)22-12(2)6-5-7-13(22)3/h8,12-13H,5-7,9-10H2,1-4H3. The van der Waals surface area contributed by atoms with Gasteiger partial charge in [-0.15, -0.1) is 5.10 Å². The number of piperidine rings is 1. The summed E-state index contributed by atoms with van der Waals surface area (Å²) < 4.78 is 6.76. The fraction of sp³-hybridized carbons (Fsp3) is 0.611. The first-order chi connectivity index (χ1) is 12.3. The number of fused-ring (bicyclic) bond motifs is 1. The van der Waals surface area contributed by atoms with Gasteiger partial charge < -0.3 is 9.64 Å². The van der Waals surface area contributed by atoms with E-state index < -0.39 is 5.97 Å². The highest BCUT2D eigenvalue weighted by molar-refractivity contribution is 5.81. The highest BCUT2D eigenvalue weighted by Crippen LogP contribution is 2.22. The van der Waals surface area contributed by atoms with E-state index in [2.05, 4.69) is 15.1 Å². The van der Waals surface area contributed by atoms with Gasteiger partial charge in [-0.1, -0.05) is 0 Å². The molecule has 3 heterocycles. The number of carbonyl (C=O) groups is 2. The molecule has 2 aromatic heterocycles. The summed E-state index contributed by atoms with van der Waals surface area (Å²) in [5, 5.41) is 4.28. The van der Waals surface area contributed by atoms with E-state index >= 15 is 0 Å². The van der Waals surface area contributed by atoms with Gasteiger partial charge in [0.25, 0.3) is 11.7 Å². The summed E-state index contributed by atoms with van der Waals surface area (Å²) in [5.41, 5.74) is 1.73. The number of aromatic nitrogens is 4. The number of hydrogen-bond acceptors (Lipinski definition) is 6. The van der Waals surface area contributed by atoms with Crippen molar-refractivity contribution < 1.29 is 14.3 Å². The van der Waals surface area contributed by atoms with Crippen molar-refractivity contribution in [2.45, 2.75) is 65.5 Å². The Hall–Kier alpha value is -2.51. The smallest absolute Gasteiger partial charge is 0.314 e. The fourth-order valence-electron chi connectivity index (χ4n) is 3.59. The van der Waals surface area contributed by atoms with Crippen LogP contribution in [0.2, 0.25) is 0 Å². The number of hydrogen-bond donors (Lipinski definition) is 0. The van der Waals surface area contributed by atoms with Crippen LogP contribution >= 0.6 is 0 Å². The molecule has 2 aromatic rings. The lowest BCUT2D eigenvalue weighted by Crippen LogP contribution is -2.49. The van der Waals surface area contributed by atoms with Crippen molar-refractivity contribution >= 4 is 17.7 Å². The molecule has 26 heavy (non-hydrogen) atoms. The second-order valence-electron chi connectivity index (χ2n) is 7.05. The molecule has 0 bridgehead atoms. The maximum Gasteiger partial charge on any atom is 0.314 e. The Bertz CT molecular complexity index is 822. The number of amides is 1. The van der Waals surface area contributed by atoms with Crippen molar-refractivity contribution in [3.8, 4) is 0 Å². The molecule has 0 aromatic carbocycles. The zero-order chi connectivity index (χ0) is 18.8. The number of esters is 1. The molecule has 0 aliphatic carbocycles. The molecule has 1 aliphatic heterocycles. The highest BCUT2D eigenvalue weighted by Gasteiger charge is 2.29. The summed E-state index contributed by atoms with van der Waals surface area (Å²) in [6, 6.07) is 2.26. The molecule has 0 N–H and O–H groups in total. The monoisotopic (exact) mass is 359 g/mol. The molecular formula is C18H25N5O3. The topological polar surface area (TPSA) is 89.7 Å². The zero-order valence-corrected chi connectivity index (χ0v) is 15.7. The predicted molar refractivity (Wildman–Crippen MR) is 94.5 cm³/mol. The van der Waals surface area contributed by atoms with Crippen molar-refractivity contribution in [2.24, 2.45) is 0 Å². The number of carbonyl (C=O) groups excluding carboxylic acids is 2. The summed E-state index contributed by atoms with van der Waals surface area (Å²) in [4.78, 5) is 34.9. The molecule has 8 heteroatoms. The van der Waals surface area contributed by atoms with Gasteiger partial charge in [0, 0.05) is 23.5 Å². The number of rotatable bonds is 4. The van der Waals surface area contributed by atoms with Crippen molar-refractivity contribution in [1.82, 2.24) is 24.5 Å². The molecule has 2 atom stereocenters. The predicted octanol–water partition coefficient (Wildman–Crippen LogP) is 1.62. The number of aryl methyl sites for hydroxylation is 2. The quantitative estimate of drug-likeness (QED) is 0.771. The lowest BCUT2D eigenvalue weighted by atomic mass is 9.97. The van der Waals surface area contributed by atoms with Crippen molar-refractivity contribution in [3.05, 3.63) is 23.3 Å². The zero-order valence-electron chi connectivity index (χ0n) is 15.7. The summed E-state index contributed by atoms with van der Waals surface area (Å²) in [6.45, 7) is 7.61. The summed E-state index contributed by atoms with van der Waals surface area (Å²) in [7, 11) is 0. The van der Waals surface area contributed by atoms with E-state index in [0.29, 0.717) is 11.6 Å². The molecule has 2 unspecified atom stereocenters. The minimum Gasteiger partial charge on any atom is -0.455 e. The van der Waals surface area contributed by atoms with Crippen LogP contribution in [-0.2, 0) is 20.7 Å². The average molecular weight is 359 g/mol. The molecule has 1 fully saturated rings. The van der Waals surface area contributed by atoms with Gasteiger partial charge in [0.1, 0.15) is 6.42 Å². The molecule has 0 spiro atoms. The maximum atomic E-state index is 12.4. The summed E-state index contributed by atoms with van der Waals surface area (Å²) in [5.74, 6) is 0.135. The third-order valence-electron chi connectivity index (χ3n) is 4.80. The van der Waals surface area contributed by atoms with E-state index in [1.54, 1.807) is 4.52 Å². The van der Waals surface area contributed by atoms with Gasteiger partial charge in [-0.2, -0.15) is 4.98 Å². The second kappa shape index (κ2) is 7.39. The van der Waals surface area contributed by atoms with E-state index in [1.807, 2.05) is 38.7 Å². The van der Waals surface area contributed by atoms with E-state index in [-0.39, 0.29) is 31.0 Å². The highest BCUT2D eigenvalue weighted by atomic mass is 16.5. The molecule has 0 saturated carbocycles. The van der Waals surface area contributed by atoms with Crippen LogP contribution < -0.4 is 0 Å². The molecule has 3 rings (SSSR count). The van der Waals surface area contributed by atoms with Crippen molar-refractivity contribution in [3.63, 3.8) is 0 Å². The molecule has 1 aliphatic rings. The SMILES string of the molecule is Cc1cc(C)n2nc(CC(=O)OCC(=O)N3C(C)CCCC3C)nc2n1. The summed E-state index contributed by atoms with van der Waals surface area (Å²) >= 11 is 0. The van der Waals surface area contributed by atoms with E-state index in [4.69, 9.17) is 4.74 Å². The number of nitrogens with zero attached hydrogens (tertiary/aromatic N) is 5. The van der Waals surface area contributed by atoms with Crippen molar-refractivity contribution in [2.75, 3.05) is 6.61 Å². The lowest BCUT2D eigenvalue weighted by molar-refractivity contribution is -0.154. The van der Waals surface area contributed by atoms with E-state index in [0.717, 1.165) is 30.7 Å². The molecule has 140 valence electrons. The molecule has 1 amide bonds. The van der Waals surface area contributed by atoms with Gasteiger partial charge in [0.15, 0.2) is 12.4 Å². The second-order valence-corrected chi connectivity index (χ2v) is 7.05. The molecule has 8 nitrogen and oxygen atoms in total. The Morgan fingerprint density at radius 2 is 1.88 bits per heavy atom. The molecule has 0 radical (unpaired) electrons. The Labute approximate surface area is 152 Å². The Balaban J connectivity index is 1.59. The van der Waals surface area contributed by atoms with Gasteiger partial charge in [-0.25, -0.2) is 9.50 Å². The van der Waals surface area contributed by atoms with Crippen LogP contribution in [0.15, 0.2) is 6.07 Å². The minimum absolute atomic E-state index is 0.0831. The van der Waals surface area contributed by atoms with Gasteiger partial charge in [-0.3, -0.25) is 9.59 Å². The average Bonchev–Trinajstić information content (AvgIpc) is 2.95. The Morgan fingerprint density at radius 3 is 2.58 bits per heavy atom. The van der Waals surface area contributed by atoms with Crippen molar-refractivity contribution in [1.29, 1.82) is 0 Å². The largest absolute Gasteiger partial charge is 0.455 e. The van der Waals surface area contributed by atoms with Crippen LogP contribution in [-0.4, -0.2) is 55.0 Å².